The van der Waals surface area contributed by atoms with Gasteiger partial charge < -0.3 is 0 Å². The number of rotatable bonds is 2. The molecule has 4 nitrogen and oxygen atoms in total. The quantitative estimate of drug-likeness (QED) is 0.698. The fourth-order valence-corrected chi connectivity index (χ4v) is 1.77. The maximum Gasteiger partial charge on any atom is 0.280 e. The second kappa shape index (κ2) is 4.14. The molecular formula is C12H8F2N4. The Morgan fingerprint density at radius 3 is 2.89 bits per heavy atom. The van der Waals surface area contributed by atoms with E-state index in [2.05, 4.69) is 15.1 Å². The summed E-state index contributed by atoms with van der Waals surface area (Å²) in [6, 6.07) is 4.77. The lowest BCUT2D eigenvalue weighted by atomic mass is 10.1. The molecule has 0 bridgehead atoms. The number of hydrogen-bond donors (Lipinski definition) is 0. The Labute approximate surface area is 101 Å². The van der Waals surface area contributed by atoms with Crippen LogP contribution in [0.5, 0.6) is 0 Å². The summed E-state index contributed by atoms with van der Waals surface area (Å²) in [6.45, 7) is 0. The standard InChI is InChI=1S/C12H8F2N4/c13-11(14)10-6-8(2-4-15-10)9-7-17-18-5-1-3-16-12(9)18/h1-7,11H. The van der Waals surface area contributed by atoms with Gasteiger partial charge in [-0.1, -0.05) is 0 Å². The van der Waals surface area contributed by atoms with Gasteiger partial charge in [0.2, 0.25) is 0 Å². The first-order valence-electron chi connectivity index (χ1n) is 5.28. The summed E-state index contributed by atoms with van der Waals surface area (Å²) >= 11 is 0. The molecule has 0 aliphatic rings. The van der Waals surface area contributed by atoms with Crippen molar-refractivity contribution in [3.8, 4) is 11.1 Å². The number of hydrogen-bond acceptors (Lipinski definition) is 3. The zero-order valence-corrected chi connectivity index (χ0v) is 9.16. The topological polar surface area (TPSA) is 43.1 Å². The van der Waals surface area contributed by atoms with E-state index in [1.807, 2.05) is 0 Å². The van der Waals surface area contributed by atoms with Gasteiger partial charge in [0.05, 0.1) is 6.20 Å². The Kier molecular flexibility index (Phi) is 2.47. The van der Waals surface area contributed by atoms with Crippen molar-refractivity contribution in [1.82, 2.24) is 19.6 Å². The van der Waals surface area contributed by atoms with Crippen molar-refractivity contribution in [3.63, 3.8) is 0 Å². The first-order valence-corrected chi connectivity index (χ1v) is 5.28. The first kappa shape index (κ1) is 10.8. The molecule has 0 radical (unpaired) electrons. The molecule has 0 unspecified atom stereocenters. The maximum absolute atomic E-state index is 12.6. The number of aromatic nitrogens is 4. The third-order valence-corrected chi connectivity index (χ3v) is 2.59. The molecule has 0 aliphatic heterocycles. The van der Waals surface area contributed by atoms with Crippen molar-refractivity contribution in [2.75, 3.05) is 0 Å². The SMILES string of the molecule is FC(F)c1cc(-c2cnn3cccnc23)ccn1. The van der Waals surface area contributed by atoms with Gasteiger partial charge in [0, 0.05) is 24.2 Å². The monoisotopic (exact) mass is 246 g/mol. The number of fused-ring (bicyclic) bond motifs is 1. The Morgan fingerprint density at radius 2 is 2.06 bits per heavy atom. The van der Waals surface area contributed by atoms with Crippen molar-refractivity contribution < 1.29 is 8.78 Å². The lowest BCUT2D eigenvalue weighted by Crippen LogP contribution is -1.91. The van der Waals surface area contributed by atoms with Crippen molar-refractivity contribution in [2.24, 2.45) is 0 Å². The zero-order valence-electron chi connectivity index (χ0n) is 9.16. The molecule has 0 fully saturated rings. The number of halogens is 2. The summed E-state index contributed by atoms with van der Waals surface area (Å²) in [6.07, 6.45) is 3.77. The van der Waals surface area contributed by atoms with E-state index in [0.717, 1.165) is 0 Å². The predicted molar refractivity (Wildman–Crippen MR) is 61.2 cm³/mol. The Hall–Kier alpha value is -2.37. The van der Waals surface area contributed by atoms with E-state index in [1.54, 1.807) is 35.2 Å². The van der Waals surface area contributed by atoms with Gasteiger partial charge in [0.1, 0.15) is 5.69 Å². The molecule has 3 aromatic rings. The van der Waals surface area contributed by atoms with Gasteiger partial charge in [0.25, 0.3) is 6.43 Å². The molecule has 0 aromatic carbocycles. The van der Waals surface area contributed by atoms with Gasteiger partial charge in [-0.15, -0.1) is 0 Å². The van der Waals surface area contributed by atoms with Crippen LogP contribution in [0, 0.1) is 0 Å². The van der Waals surface area contributed by atoms with Crippen LogP contribution in [0.1, 0.15) is 12.1 Å². The average Bonchev–Trinajstić information content (AvgIpc) is 2.82. The predicted octanol–water partition coefficient (Wildman–Crippen LogP) is 2.73. The highest BCUT2D eigenvalue weighted by Gasteiger charge is 2.12. The Bertz CT molecular complexity index is 693. The van der Waals surface area contributed by atoms with Gasteiger partial charge in [-0.3, -0.25) is 4.98 Å². The minimum atomic E-state index is -2.58. The molecule has 0 aliphatic carbocycles. The third-order valence-electron chi connectivity index (χ3n) is 2.59. The van der Waals surface area contributed by atoms with Crippen LogP contribution in [0.3, 0.4) is 0 Å². The molecule has 3 rings (SSSR count). The van der Waals surface area contributed by atoms with Crippen LogP contribution in [0.25, 0.3) is 16.8 Å². The van der Waals surface area contributed by atoms with E-state index >= 15 is 0 Å². The molecule has 18 heavy (non-hydrogen) atoms. The Morgan fingerprint density at radius 1 is 1.17 bits per heavy atom. The van der Waals surface area contributed by atoms with Crippen LogP contribution >= 0.6 is 0 Å². The van der Waals surface area contributed by atoms with Crippen LogP contribution in [0.4, 0.5) is 8.78 Å². The highest BCUT2D eigenvalue weighted by molar-refractivity contribution is 5.76. The minimum absolute atomic E-state index is 0.247. The summed E-state index contributed by atoms with van der Waals surface area (Å²) < 4.78 is 26.8. The van der Waals surface area contributed by atoms with Crippen LogP contribution in [0.2, 0.25) is 0 Å². The lowest BCUT2D eigenvalue weighted by Gasteiger charge is -2.02. The second-order valence-electron chi connectivity index (χ2n) is 3.72. The fourth-order valence-electron chi connectivity index (χ4n) is 1.77. The summed E-state index contributed by atoms with van der Waals surface area (Å²) in [5.74, 6) is 0. The van der Waals surface area contributed by atoms with Gasteiger partial charge in [-0.2, -0.15) is 5.10 Å². The number of nitrogens with zero attached hydrogens (tertiary/aromatic N) is 4. The second-order valence-corrected chi connectivity index (χ2v) is 3.72. The van der Waals surface area contributed by atoms with Crippen molar-refractivity contribution in [2.45, 2.75) is 6.43 Å². The van der Waals surface area contributed by atoms with Crippen LogP contribution in [0.15, 0.2) is 43.0 Å². The molecule has 0 amide bonds. The summed E-state index contributed by atoms with van der Waals surface area (Å²) in [7, 11) is 0. The van der Waals surface area contributed by atoms with E-state index in [4.69, 9.17) is 0 Å². The van der Waals surface area contributed by atoms with Crippen LogP contribution in [-0.2, 0) is 0 Å². The number of alkyl halides is 2. The van der Waals surface area contributed by atoms with Crippen molar-refractivity contribution in [1.29, 1.82) is 0 Å². The molecule has 3 heterocycles. The molecule has 0 N–H and O–H groups in total. The minimum Gasteiger partial charge on any atom is -0.255 e. The largest absolute Gasteiger partial charge is 0.280 e. The molecule has 0 atom stereocenters. The van der Waals surface area contributed by atoms with Gasteiger partial charge in [-0.05, 0) is 23.8 Å². The summed E-state index contributed by atoms with van der Waals surface area (Å²) in [4.78, 5) is 7.82. The molecule has 0 saturated carbocycles. The normalized spacial score (nSPS) is 11.3. The zero-order chi connectivity index (χ0) is 12.5. The lowest BCUT2D eigenvalue weighted by molar-refractivity contribution is 0.146. The average molecular weight is 246 g/mol. The van der Waals surface area contributed by atoms with E-state index in [9.17, 15) is 8.78 Å². The molecule has 0 spiro atoms. The molecule has 0 saturated heterocycles. The van der Waals surface area contributed by atoms with E-state index in [-0.39, 0.29) is 5.69 Å². The van der Waals surface area contributed by atoms with E-state index < -0.39 is 6.43 Å². The van der Waals surface area contributed by atoms with Crippen LogP contribution < -0.4 is 0 Å². The fraction of sp³-hybridized carbons (Fsp3) is 0.0833. The van der Waals surface area contributed by atoms with Gasteiger partial charge in [0.15, 0.2) is 5.65 Å². The van der Waals surface area contributed by atoms with Crippen molar-refractivity contribution in [3.05, 3.63) is 48.7 Å². The Balaban J connectivity index is 2.17. The van der Waals surface area contributed by atoms with Crippen LogP contribution in [-0.4, -0.2) is 19.6 Å². The molecule has 90 valence electrons. The first-order chi connectivity index (χ1) is 8.75. The van der Waals surface area contributed by atoms with Gasteiger partial charge in [-0.25, -0.2) is 18.3 Å². The van der Waals surface area contributed by atoms with Crippen molar-refractivity contribution >= 4 is 5.65 Å². The van der Waals surface area contributed by atoms with Gasteiger partial charge >= 0.3 is 0 Å². The summed E-state index contributed by atoms with van der Waals surface area (Å²) in [5, 5.41) is 4.12. The summed E-state index contributed by atoms with van der Waals surface area (Å²) in [5.41, 5.74) is 1.72. The molecule has 3 aromatic heterocycles. The number of pyridine rings is 1. The van der Waals surface area contributed by atoms with E-state index in [1.165, 1.54) is 12.3 Å². The molecule has 6 heteroatoms. The van der Waals surface area contributed by atoms with E-state index in [0.29, 0.717) is 16.8 Å². The maximum atomic E-state index is 12.6. The highest BCUT2D eigenvalue weighted by Crippen LogP contribution is 2.26. The highest BCUT2D eigenvalue weighted by atomic mass is 19.3. The molecular weight excluding hydrogens is 238 g/mol. The third kappa shape index (κ3) is 1.71. The smallest absolute Gasteiger partial charge is 0.255 e.